The largest absolute Gasteiger partial charge is 0.465 e. The second kappa shape index (κ2) is 9.40. The van der Waals surface area contributed by atoms with Gasteiger partial charge in [-0.15, -0.1) is 0 Å². The topological polar surface area (TPSA) is 95.9 Å². The summed E-state index contributed by atoms with van der Waals surface area (Å²) in [5, 5.41) is 9.51. The van der Waals surface area contributed by atoms with Crippen LogP contribution in [0.25, 0.3) is 0 Å². The number of likely N-dealkylation sites (tertiary alicyclic amines) is 1. The number of benzene rings is 1. The van der Waals surface area contributed by atoms with Crippen LogP contribution in [-0.2, 0) is 14.8 Å². The lowest BCUT2D eigenvalue weighted by Crippen LogP contribution is -2.58. The lowest BCUT2D eigenvalue weighted by atomic mass is 9.82. The van der Waals surface area contributed by atoms with Crippen molar-refractivity contribution in [3.8, 4) is 0 Å². The summed E-state index contributed by atoms with van der Waals surface area (Å²) in [7, 11) is -3.45. The summed E-state index contributed by atoms with van der Waals surface area (Å²) in [5.41, 5.74) is 0.743. The van der Waals surface area contributed by atoms with Gasteiger partial charge in [0.2, 0.25) is 10.0 Å². The Morgan fingerprint density at radius 3 is 2.55 bits per heavy atom. The van der Waals surface area contributed by atoms with Gasteiger partial charge in [0.1, 0.15) is 5.82 Å². The molecule has 1 saturated heterocycles. The minimum absolute atomic E-state index is 0.0329. The van der Waals surface area contributed by atoms with Gasteiger partial charge in [-0.05, 0) is 56.1 Å². The van der Waals surface area contributed by atoms with Gasteiger partial charge >= 0.3 is 6.09 Å². The molecule has 1 heterocycles. The predicted molar refractivity (Wildman–Crippen MR) is 107 cm³/mol. The fourth-order valence-electron chi connectivity index (χ4n) is 4.49. The number of hydrogen-bond donors (Lipinski definition) is 2. The molecule has 7 nitrogen and oxygen atoms in total. The smallest absolute Gasteiger partial charge is 0.407 e. The van der Waals surface area contributed by atoms with Gasteiger partial charge in [0, 0.05) is 12.6 Å². The van der Waals surface area contributed by atoms with Crippen LogP contribution in [0.1, 0.15) is 50.0 Å². The molecule has 1 aliphatic heterocycles. The zero-order chi connectivity index (χ0) is 21.0. The minimum Gasteiger partial charge on any atom is -0.465 e. The van der Waals surface area contributed by atoms with Crippen molar-refractivity contribution in [2.75, 3.05) is 19.4 Å². The summed E-state index contributed by atoms with van der Waals surface area (Å²) in [6.45, 7) is 0.514. The summed E-state index contributed by atoms with van der Waals surface area (Å²) >= 11 is 0. The molecule has 2 aliphatic rings. The average Bonchev–Trinajstić information content (AvgIpc) is 2.66. The molecule has 1 aromatic rings. The summed E-state index contributed by atoms with van der Waals surface area (Å²) in [5.74, 6) is -0.00763. The molecule has 1 aliphatic carbocycles. The summed E-state index contributed by atoms with van der Waals surface area (Å²) < 4.78 is 46.0. The molecule has 3 rings (SSSR count). The molecule has 0 aromatic heterocycles. The average molecular weight is 429 g/mol. The second-order valence-electron chi connectivity index (χ2n) is 8.01. The highest BCUT2D eigenvalue weighted by atomic mass is 32.2. The summed E-state index contributed by atoms with van der Waals surface area (Å²) in [6, 6.07) is 5.79. The van der Waals surface area contributed by atoms with Crippen molar-refractivity contribution in [1.82, 2.24) is 9.62 Å². The van der Waals surface area contributed by atoms with Crippen molar-refractivity contribution in [3.05, 3.63) is 35.6 Å². The van der Waals surface area contributed by atoms with E-state index in [0.717, 1.165) is 37.5 Å². The third kappa shape index (κ3) is 5.90. The molecule has 0 bridgehead atoms. The molecule has 2 N–H and O–H groups in total. The number of nitrogens with one attached hydrogen (secondary N) is 1. The zero-order valence-corrected chi connectivity index (χ0v) is 17.4. The molecule has 1 aromatic carbocycles. The first-order valence-corrected chi connectivity index (χ1v) is 12.0. The number of carboxylic acid groups (broad SMARTS) is 1. The third-order valence-corrected chi connectivity index (χ3v) is 6.64. The van der Waals surface area contributed by atoms with Crippen LogP contribution < -0.4 is 4.72 Å². The monoisotopic (exact) mass is 428 g/mol. The van der Waals surface area contributed by atoms with Crippen LogP contribution in [0.2, 0.25) is 0 Å². The maximum Gasteiger partial charge on any atom is 0.407 e. The van der Waals surface area contributed by atoms with Crippen LogP contribution in [0, 0.1) is 5.82 Å². The second-order valence-corrected chi connectivity index (χ2v) is 9.79. The highest BCUT2D eigenvalue weighted by molar-refractivity contribution is 7.88. The maximum atomic E-state index is 14.0. The van der Waals surface area contributed by atoms with Crippen LogP contribution in [0.4, 0.5) is 9.18 Å². The highest BCUT2D eigenvalue weighted by Crippen LogP contribution is 2.35. The normalized spacial score (nSPS) is 28.3. The molecule has 1 amide bonds. The van der Waals surface area contributed by atoms with Crippen molar-refractivity contribution < 1.29 is 27.4 Å². The Labute approximate surface area is 171 Å². The van der Waals surface area contributed by atoms with Gasteiger partial charge in [0.05, 0.1) is 25.0 Å². The van der Waals surface area contributed by atoms with E-state index in [1.165, 1.54) is 11.0 Å². The minimum atomic E-state index is -3.45. The lowest BCUT2D eigenvalue weighted by Gasteiger charge is -2.40. The van der Waals surface area contributed by atoms with E-state index in [-0.39, 0.29) is 24.4 Å². The van der Waals surface area contributed by atoms with Crippen LogP contribution in [-0.4, -0.2) is 62.1 Å². The summed E-state index contributed by atoms with van der Waals surface area (Å²) in [4.78, 5) is 12.9. The molecule has 0 unspecified atom stereocenters. The van der Waals surface area contributed by atoms with Gasteiger partial charge in [-0.2, -0.15) is 0 Å². The van der Waals surface area contributed by atoms with Gasteiger partial charge in [0.15, 0.2) is 0 Å². The van der Waals surface area contributed by atoms with Gasteiger partial charge in [-0.1, -0.05) is 18.2 Å². The molecule has 1 saturated carbocycles. The molecule has 29 heavy (non-hydrogen) atoms. The number of nitrogens with zero attached hydrogens (tertiary/aromatic N) is 1. The fraction of sp³-hybridized carbons (Fsp3) is 0.650. The Morgan fingerprint density at radius 2 is 1.93 bits per heavy atom. The van der Waals surface area contributed by atoms with Crippen molar-refractivity contribution in [1.29, 1.82) is 0 Å². The molecule has 9 heteroatoms. The predicted octanol–water partition coefficient (Wildman–Crippen LogP) is 2.93. The first-order valence-electron chi connectivity index (χ1n) is 10.1. The quantitative estimate of drug-likeness (QED) is 0.726. The van der Waals surface area contributed by atoms with Gasteiger partial charge in [-0.25, -0.2) is 22.3 Å². The summed E-state index contributed by atoms with van der Waals surface area (Å²) in [6.07, 6.45) is 4.31. The Morgan fingerprint density at radius 1 is 1.24 bits per heavy atom. The van der Waals surface area contributed by atoms with Crippen molar-refractivity contribution >= 4 is 16.1 Å². The van der Waals surface area contributed by atoms with E-state index in [1.807, 2.05) is 12.1 Å². The molecule has 2 atom stereocenters. The van der Waals surface area contributed by atoms with Crippen molar-refractivity contribution in [2.45, 2.75) is 62.6 Å². The number of sulfonamides is 1. The van der Waals surface area contributed by atoms with Crippen LogP contribution in [0.5, 0.6) is 0 Å². The van der Waals surface area contributed by atoms with Gasteiger partial charge < -0.3 is 14.7 Å². The van der Waals surface area contributed by atoms with E-state index in [9.17, 15) is 22.7 Å². The van der Waals surface area contributed by atoms with E-state index in [1.54, 1.807) is 6.07 Å². The number of ether oxygens (including phenoxy) is 1. The Bertz CT molecular complexity index is 811. The van der Waals surface area contributed by atoms with E-state index in [0.29, 0.717) is 19.4 Å². The SMILES string of the molecule is CS(=O)(=O)N[C@H]1CCCN(C(=O)O)[C@H]1CO[C@H]1CC[C@@H](c2ccccc2F)CC1. The number of hydrogen-bond acceptors (Lipinski definition) is 4. The standard InChI is InChI=1S/C20H29FN2O5S/c1-29(26,27)22-18-7-4-12-23(20(24)25)19(18)13-28-15-10-8-14(9-11-15)16-5-2-3-6-17(16)21/h2-3,5-6,14-15,18-19,22H,4,7-13H2,1H3,(H,24,25)/t14-,15+,18-,19-/m0/s1. The third-order valence-electron chi connectivity index (χ3n) is 5.91. The highest BCUT2D eigenvalue weighted by Gasteiger charge is 2.37. The molecule has 162 valence electrons. The molecule has 0 radical (unpaired) electrons. The lowest BCUT2D eigenvalue weighted by molar-refractivity contribution is -0.0227. The van der Waals surface area contributed by atoms with E-state index < -0.39 is 28.2 Å². The Hall–Kier alpha value is -1.71. The zero-order valence-electron chi connectivity index (χ0n) is 16.6. The number of amides is 1. The Kier molecular flexibility index (Phi) is 7.13. The van der Waals surface area contributed by atoms with E-state index in [4.69, 9.17) is 4.74 Å². The van der Waals surface area contributed by atoms with Crippen LogP contribution in [0.15, 0.2) is 24.3 Å². The van der Waals surface area contributed by atoms with E-state index >= 15 is 0 Å². The molecular formula is C20H29FN2O5S. The Balaban J connectivity index is 1.58. The number of carbonyl (C=O) groups is 1. The van der Waals surface area contributed by atoms with Gasteiger partial charge in [0.25, 0.3) is 0 Å². The number of rotatable bonds is 6. The first-order chi connectivity index (χ1) is 13.7. The molecular weight excluding hydrogens is 399 g/mol. The van der Waals surface area contributed by atoms with Crippen molar-refractivity contribution in [2.24, 2.45) is 0 Å². The van der Waals surface area contributed by atoms with Crippen LogP contribution >= 0.6 is 0 Å². The maximum absolute atomic E-state index is 14.0. The molecule has 2 fully saturated rings. The van der Waals surface area contributed by atoms with E-state index in [2.05, 4.69) is 4.72 Å². The van der Waals surface area contributed by atoms with Crippen molar-refractivity contribution in [3.63, 3.8) is 0 Å². The number of piperidine rings is 1. The first kappa shape index (κ1) is 22.0. The van der Waals surface area contributed by atoms with Gasteiger partial charge in [-0.3, -0.25) is 0 Å². The fourth-order valence-corrected chi connectivity index (χ4v) is 5.32. The molecule has 0 spiro atoms. The number of halogens is 1. The van der Waals surface area contributed by atoms with Crippen LogP contribution in [0.3, 0.4) is 0 Å².